The average molecular weight is 283 g/mol. The van der Waals surface area contributed by atoms with Crippen LogP contribution in [0.5, 0.6) is 0 Å². The third-order valence-corrected chi connectivity index (χ3v) is 4.64. The lowest BCUT2D eigenvalue weighted by atomic mass is 10.1. The number of nitrogens with zero attached hydrogens (tertiary/aromatic N) is 2. The second-order valence-corrected chi connectivity index (χ2v) is 6.68. The molecular weight excluding hydrogens is 244 g/mol. The van der Waals surface area contributed by atoms with Gasteiger partial charge in [0, 0.05) is 13.1 Å². The number of rotatable bonds is 11. The van der Waals surface area contributed by atoms with Crippen LogP contribution in [0.1, 0.15) is 77.6 Å². The monoisotopic (exact) mass is 282 g/mol. The molecule has 0 aromatic heterocycles. The van der Waals surface area contributed by atoms with E-state index in [9.17, 15) is 0 Å². The molecule has 20 heavy (non-hydrogen) atoms. The van der Waals surface area contributed by atoms with E-state index in [1.165, 1.54) is 103 Å². The summed E-state index contributed by atoms with van der Waals surface area (Å²) in [6.07, 6.45) is 15.8. The van der Waals surface area contributed by atoms with Gasteiger partial charge in [-0.05, 0) is 39.5 Å². The normalized spacial score (nSPS) is 18.3. The Bertz CT molecular complexity index is 206. The average Bonchev–Trinajstić information content (AvgIpc) is 2.66. The van der Waals surface area contributed by atoms with Gasteiger partial charge >= 0.3 is 0 Å². The van der Waals surface area contributed by atoms with E-state index in [0.29, 0.717) is 0 Å². The summed E-state index contributed by atoms with van der Waals surface area (Å²) in [6.45, 7) is 8.79. The van der Waals surface area contributed by atoms with Gasteiger partial charge in [-0.2, -0.15) is 0 Å². The Balaban J connectivity index is 1.82. The van der Waals surface area contributed by atoms with Crippen molar-refractivity contribution in [3.8, 4) is 0 Å². The minimum atomic E-state index is 1.26. The minimum absolute atomic E-state index is 1.26. The minimum Gasteiger partial charge on any atom is -0.305 e. The van der Waals surface area contributed by atoms with E-state index < -0.39 is 0 Å². The number of unbranched alkanes of at least 4 members (excludes halogenated alkanes) is 9. The third kappa shape index (κ3) is 9.77. The first-order valence-electron chi connectivity index (χ1n) is 9.24. The SMILES string of the molecule is CCCCCCCCCCCCN1CCCN(C)CC1. The lowest BCUT2D eigenvalue weighted by Gasteiger charge is -2.19. The molecule has 1 fully saturated rings. The van der Waals surface area contributed by atoms with Crippen molar-refractivity contribution >= 4 is 0 Å². The van der Waals surface area contributed by atoms with Crippen LogP contribution in [0.4, 0.5) is 0 Å². The Hall–Kier alpha value is -0.0800. The summed E-state index contributed by atoms with van der Waals surface area (Å²) >= 11 is 0. The van der Waals surface area contributed by atoms with Crippen molar-refractivity contribution in [2.45, 2.75) is 77.6 Å². The van der Waals surface area contributed by atoms with Gasteiger partial charge in [0.15, 0.2) is 0 Å². The van der Waals surface area contributed by atoms with Crippen molar-refractivity contribution in [2.24, 2.45) is 0 Å². The van der Waals surface area contributed by atoms with E-state index >= 15 is 0 Å². The molecular formula is C18H38N2. The van der Waals surface area contributed by atoms with Crippen molar-refractivity contribution < 1.29 is 0 Å². The fourth-order valence-corrected chi connectivity index (χ4v) is 3.15. The van der Waals surface area contributed by atoms with Crippen molar-refractivity contribution in [3.05, 3.63) is 0 Å². The smallest absolute Gasteiger partial charge is 0.0109 e. The molecule has 0 bridgehead atoms. The van der Waals surface area contributed by atoms with Crippen LogP contribution in [0.25, 0.3) is 0 Å². The van der Waals surface area contributed by atoms with Crippen molar-refractivity contribution in [2.75, 3.05) is 39.8 Å². The molecule has 120 valence electrons. The Morgan fingerprint density at radius 1 is 0.650 bits per heavy atom. The third-order valence-electron chi connectivity index (χ3n) is 4.64. The second-order valence-electron chi connectivity index (χ2n) is 6.68. The highest BCUT2D eigenvalue weighted by molar-refractivity contribution is 4.67. The highest BCUT2D eigenvalue weighted by Crippen LogP contribution is 2.11. The first-order valence-corrected chi connectivity index (χ1v) is 9.24. The van der Waals surface area contributed by atoms with Crippen LogP contribution < -0.4 is 0 Å². The second kappa shape index (κ2) is 12.6. The Labute approximate surface area is 127 Å². The predicted octanol–water partition coefficient (Wildman–Crippen LogP) is 4.54. The Kier molecular flexibility index (Phi) is 11.4. The molecule has 1 aliphatic rings. The zero-order valence-electron chi connectivity index (χ0n) is 14.2. The topological polar surface area (TPSA) is 6.48 Å². The molecule has 0 amide bonds. The van der Waals surface area contributed by atoms with Crippen molar-refractivity contribution in [3.63, 3.8) is 0 Å². The molecule has 0 aromatic carbocycles. The predicted molar refractivity (Wildman–Crippen MR) is 90.4 cm³/mol. The Morgan fingerprint density at radius 2 is 1.25 bits per heavy atom. The van der Waals surface area contributed by atoms with Gasteiger partial charge in [0.25, 0.3) is 0 Å². The van der Waals surface area contributed by atoms with Crippen molar-refractivity contribution in [1.82, 2.24) is 9.80 Å². The fraction of sp³-hybridized carbons (Fsp3) is 1.00. The van der Waals surface area contributed by atoms with Gasteiger partial charge < -0.3 is 9.80 Å². The number of hydrogen-bond acceptors (Lipinski definition) is 2. The molecule has 1 rings (SSSR count). The maximum absolute atomic E-state index is 2.67. The van der Waals surface area contributed by atoms with Crippen LogP contribution in [0.3, 0.4) is 0 Å². The summed E-state index contributed by atoms with van der Waals surface area (Å²) in [7, 11) is 2.25. The molecule has 0 aromatic rings. The van der Waals surface area contributed by atoms with Gasteiger partial charge in [0.2, 0.25) is 0 Å². The lowest BCUT2D eigenvalue weighted by Crippen LogP contribution is -2.29. The molecule has 0 radical (unpaired) electrons. The van der Waals surface area contributed by atoms with E-state index in [0.717, 1.165) is 0 Å². The van der Waals surface area contributed by atoms with Crippen LogP contribution in [-0.2, 0) is 0 Å². The zero-order valence-corrected chi connectivity index (χ0v) is 14.2. The summed E-state index contributed by atoms with van der Waals surface area (Å²) in [5.41, 5.74) is 0. The molecule has 1 aliphatic heterocycles. The maximum atomic E-state index is 2.67. The van der Waals surface area contributed by atoms with E-state index in [2.05, 4.69) is 23.8 Å². The molecule has 1 saturated heterocycles. The summed E-state index contributed by atoms with van der Waals surface area (Å²) in [4.78, 5) is 5.15. The van der Waals surface area contributed by atoms with E-state index in [4.69, 9.17) is 0 Å². The molecule has 0 atom stereocenters. The van der Waals surface area contributed by atoms with E-state index in [-0.39, 0.29) is 0 Å². The van der Waals surface area contributed by atoms with E-state index in [1.807, 2.05) is 0 Å². The summed E-state index contributed by atoms with van der Waals surface area (Å²) in [5, 5.41) is 0. The quantitative estimate of drug-likeness (QED) is 0.513. The number of likely N-dealkylation sites (N-methyl/N-ethyl adjacent to an activating group) is 1. The van der Waals surface area contributed by atoms with Gasteiger partial charge in [0.05, 0.1) is 0 Å². The van der Waals surface area contributed by atoms with Gasteiger partial charge in [-0.1, -0.05) is 64.7 Å². The van der Waals surface area contributed by atoms with Gasteiger partial charge in [0.1, 0.15) is 0 Å². The van der Waals surface area contributed by atoms with Crippen molar-refractivity contribution in [1.29, 1.82) is 0 Å². The molecule has 0 aliphatic carbocycles. The molecule has 0 unspecified atom stereocenters. The highest BCUT2D eigenvalue weighted by Gasteiger charge is 2.10. The zero-order chi connectivity index (χ0) is 14.5. The van der Waals surface area contributed by atoms with Crippen LogP contribution in [0.15, 0.2) is 0 Å². The summed E-state index contributed by atoms with van der Waals surface area (Å²) < 4.78 is 0. The summed E-state index contributed by atoms with van der Waals surface area (Å²) in [5.74, 6) is 0. The van der Waals surface area contributed by atoms with Gasteiger partial charge in [-0.3, -0.25) is 0 Å². The highest BCUT2D eigenvalue weighted by atomic mass is 15.2. The molecule has 0 saturated carbocycles. The van der Waals surface area contributed by atoms with Crippen LogP contribution in [0.2, 0.25) is 0 Å². The standard InChI is InChI=1S/C18H38N2/c1-3-4-5-6-7-8-9-10-11-12-15-20-16-13-14-19(2)17-18-20/h3-18H2,1-2H3. The first kappa shape index (κ1) is 18.0. The molecule has 2 heteroatoms. The lowest BCUT2D eigenvalue weighted by molar-refractivity contribution is 0.270. The maximum Gasteiger partial charge on any atom is 0.0109 e. The molecule has 1 heterocycles. The van der Waals surface area contributed by atoms with Crippen LogP contribution in [-0.4, -0.2) is 49.6 Å². The molecule has 0 N–H and O–H groups in total. The molecule has 0 spiro atoms. The van der Waals surface area contributed by atoms with Crippen LogP contribution in [0, 0.1) is 0 Å². The fourth-order valence-electron chi connectivity index (χ4n) is 3.15. The van der Waals surface area contributed by atoms with Gasteiger partial charge in [-0.15, -0.1) is 0 Å². The number of hydrogen-bond donors (Lipinski definition) is 0. The summed E-state index contributed by atoms with van der Waals surface area (Å²) in [6, 6.07) is 0. The van der Waals surface area contributed by atoms with Gasteiger partial charge in [-0.25, -0.2) is 0 Å². The van der Waals surface area contributed by atoms with E-state index in [1.54, 1.807) is 0 Å². The van der Waals surface area contributed by atoms with Crippen LogP contribution >= 0.6 is 0 Å². The first-order chi connectivity index (χ1) is 9.83. The Morgan fingerprint density at radius 3 is 1.90 bits per heavy atom. The molecule has 2 nitrogen and oxygen atoms in total. The largest absolute Gasteiger partial charge is 0.305 e.